The van der Waals surface area contributed by atoms with Gasteiger partial charge in [-0.05, 0) is 37.5 Å². The van der Waals surface area contributed by atoms with Crippen molar-refractivity contribution >= 4 is 29.3 Å². The molecule has 88 valence electrons. The Hall–Kier alpha value is -1.40. The molecule has 0 aliphatic heterocycles. The molecule has 0 aliphatic rings. The van der Waals surface area contributed by atoms with Gasteiger partial charge in [-0.2, -0.15) is 4.37 Å². The molecular weight excluding hydrogens is 256 g/mol. The maximum atomic E-state index is 11.1. The van der Waals surface area contributed by atoms with Gasteiger partial charge in [0.1, 0.15) is 5.82 Å². The number of hydrogen-bond donors (Lipinski definition) is 1. The fourth-order valence-electron chi connectivity index (χ4n) is 1.31. The van der Waals surface area contributed by atoms with Crippen LogP contribution in [0.2, 0.25) is 0 Å². The van der Waals surface area contributed by atoms with Gasteiger partial charge in [-0.15, -0.1) is 0 Å². The summed E-state index contributed by atoms with van der Waals surface area (Å²) in [5.74, 6) is -0.209. The van der Waals surface area contributed by atoms with Crippen LogP contribution in [0.25, 0.3) is 0 Å². The van der Waals surface area contributed by atoms with Crippen molar-refractivity contribution in [2.75, 3.05) is 0 Å². The number of carboxylic acid groups (broad SMARTS) is 1. The van der Waals surface area contributed by atoms with Gasteiger partial charge in [0.05, 0.1) is 5.56 Å². The van der Waals surface area contributed by atoms with E-state index < -0.39 is 5.97 Å². The van der Waals surface area contributed by atoms with Crippen molar-refractivity contribution in [3.8, 4) is 0 Å². The average molecular weight is 266 g/mol. The number of aryl methyl sites for hydroxylation is 2. The van der Waals surface area contributed by atoms with E-state index in [1.54, 1.807) is 12.1 Å². The highest BCUT2D eigenvalue weighted by Crippen LogP contribution is 2.32. The number of aromatic nitrogens is 2. The summed E-state index contributed by atoms with van der Waals surface area (Å²) in [7, 11) is 0. The van der Waals surface area contributed by atoms with Crippen molar-refractivity contribution in [1.82, 2.24) is 9.36 Å². The van der Waals surface area contributed by atoms with Crippen LogP contribution in [0.5, 0.6) is 0 Å². The topological polar surface area (TPSA) is 63.1 Å². The molecule has 0 spiro atoms. The van der Waals surface area contributed by atoms with Crippen LogP contribution in [-0.2, 0) is 0 Å². The molecule has 2 aromatic rings. The van der Waals surface area contributed by atoms with Crippen LogP contribution < -0.4 is 0 Å². The van der Waals surface area contributed by atoms with Gasteiger partial charge in [-0.3, -0.25) is 0 Å². The first-order chi connectivity index (χ1) is 8.06. The zero-order valence-electron chi connectivity index (χ0n) is 9.30. The van der Waals surface area contributed by atoms with E-state index in [9.17, 15) is 4.79 Å². The molecule has 4 nitrogen and oxygen atoms in total. The Kier molecular flexibility index (Phi) is 3.44. The summed E-state index contributed by atoms with van der Waals surface area (Å²) in [4.78, 5) is 16.0. The lowest BCUT2D eigenvalue weighted by Crippen LogP contribution is -1.99. The molecule has 1 heterocycles. The Morgan fingerprint density at radius 1 is 1.41 bits per heavy atom. The molecule has 17 heavy (non-hydrogen) atoms. The number of nitrogens with zero attached hydrogens (tertiary/aromatic N) is 2. The maximum Gasteiger partial charge on any atom is 0.336 e. The highest BCUT2D eigenvalue weighted by Gasteiger charge is 2.13. The largest absolute Gasteiger partial charge is 0.478 e. The molecule has 0 saturated heterocycles. The van der Waals surface area contributed by atoms with E-state index in [1.807, 2.05) is 19.9 Å². The van der Waals surface area contributed by atoms with Crippen molar-refractivity contribution in [1.29, 1.82) is 0 Å². The second kappa shape index (κ2) is 4.85. The zero-order chi connectivity index (χ0) is 12.4. The summed E-state index contributed by atoms with van der Waals surface area (Å²) < 4.78 is 4.83. The summed E-state index contributed by atoms with van der Waals surface area (Å²) in [5, 5.41) is 9.13. The van der Waals surface area contributed by atoms with Crippen LogP contribution in [-0.4, -0.2) is 20.4 Å². The molecular formula is C11H10N2O2S2. The van der Waals surface area contributed by atoms with E-state index in [0.29, 0.717) is 16.3 Å². The Morgan fingerprint density at radius 3 is 2.76 bits per heavy atom. The van der Waals surface area contributed by atoms with E-state index in [2.05, 4.69) is 9.36 Å². The summed E-state index contributed by atoms with van der Waals surface area (Å²) in [6, 6.07) is 5.36. The normalized spacial score (nSPS) is 10.5. The number of rotatable bonds is 3. The molecule has 1 aromatic carbocycles. The van der Waals surface area contributed by atoms with Crippen LogP contribution in [0.15, 0.2) is 27.4 Å². The third-order valence-electron chi connectivity index (χ3n) is 2.07. The lowest BCUT2D eigenvalue weighted by Gasteiger charge is -2.04. The molecule has 6 heteroatoms. The van der Waals surface area contributed by atoms with Gasteiger partial charge in [-0.1, -0.05) is 23.4 Å². The number of carboxylic acids is 1. The lowest BCUT2D eigenvalue weighted by atomic mass is 10.1. The number of benzene rings is 1. The Balaban J connectivity index is 2.35. The van der Waals surface area contributed by atoms with E-state index in [-0.39, 0.29) is 0 Å². The summed E-state index contributed by atoms with van der Waals surface area (Å²) in [6.07, 6.45) is 0. The van der Waals surface area contributed by atoms with E-state index in [1.165, 1.54) is 23.3 Å². The van der Waals surface area contributed by atoms with E-state index in [4.69, 9.17) is 5.11 Å². The fraction of sp³-hybridized carbons (Fsp3) is 0.182. The fourth-order valence-corrected chi connectivity index (χ4v) is 3.03. The lowest BCUT2D eigenvalue weighted by molar-refractivity contribution is 0.0693. The summed E-state index contributed by atoms with van der Waals surface area (Å²) >= 11 is 2.61. The first-order valence-electron chi connectivity index (χ1n) is 4.88. The second-order valence-electron chi connectivity index (χ2n) is 3.51. The molecule has 0 atom stereocenters. The molecule has 2 rings (SSSR count). The summed E-state index contributed by atoms with van der Waals surface area (Å²) in [5.41, 5.74) is 1.24. The Morgan fingerprint density at radius 2 is 2.18 bits per heavy atom. The maximum absolute atomic E-state index is 11.1. The number of carbonyl (C=O) groups is 1. The average Bonchev–Trinajstić information content (AvgIpc) is 2.66. The third-order valence-corrected chi connectivity index (χ3v) is 3.99. The van der Waals surface area contributed by atoms with Crippen molar-refractivity contribution in [3.63, 3.8) is 0 Å². The van der Waals surface area contributed by atoms with Gasteiger partial charge in [0.15, 0.2) is 4.34 Å². The molecule has 1 N–H and O–H groups in total. The van der Waals surface area contributed by atoms with Gasteiger partial charge < -0.3 is 5.11 Å². The quantitative estimate of drug-likeness (QED) is 0.925. The van der Waals surface area contributed by atoms with E-state index >= 15 is 0 Å². The minimum atomic E-state index is -0.919. The molecule has 0 unspecified atom stereocenters. The van der Waals surface area contributed by atoms with Crippen LogP contribution >= 0.6 is 23.3 Å². The minimum Gasteiger partial charge on any atom is -0.478 e. The van der Waals surface area contributed by atoms with Gasteiger partial charge in [0, 0.05) is 4.90 Å². The van der Waals surface area contributed by atoms with Crippen molar-refractivity contribution < 1.29 is 9.90 Å². The van der Waals surface area contributed by atoms with Crippen LogP contribution in [0, 0.1) is 13.8 Å². The first kappa shape index (κ1) is 12.1. The van der Waals surface area contributed by atoms with Crippen LogP contribution in [0.1, 0.15) is 21.7 Å². The first-order valence-corrected chi connectivity index (χ1v) is 6.47. The van der Waals surface area contributed by atoms with E-state index in [0.717, 1.165) is 9.90 Å². The van der Waals surface area contributed by atoms with Gasteiger partial charge in [-0.25, -0.2) is 9.78 Å². The van der Waals surface area contributed by atoms with Crippen molar-refractivity contribution in [2.45, 2.75) is 23.1 Å². The second-order valence-corrected chi connectivity index (χ2v) is 5.56. The Bertz CT molecular complexity index is 566. The zero-order valence-corrected chi connectivity index (χ0v) is 10.9. The van der Waals surface area contributed by atoms with Gasteiger partial charge in [0.25, 0.3) is 0 Å². The molecule has 0 saturated carbocycles. The molecule has 0 amide bonds. The number of hydrogen-bond acceptors (Lipinski definition) is 5. The number of aromatic carboxylic acids is 1. The summed E-state index contributed by atoms with van der Waals surface area (Å²) in [6.45, 7) is 3.68. The highest BCUT2D eigenvalue weighted by molar-refractivity contribution is 8.01. The minimum absolute atomic E-state index is 0.308. The Labute approximate surface area is 107 Å². The predicted molar refractivity (Wildman–Crippen MR) is 66.9 cm³/mol. The highest BCUT2D eigenvalue weighted by atomic mass is 32.2. The van der Waals surface area contributed by atoms with Gasteiger partial charge in [0.2, 0.25) is 0 Å². The molecule has 0 radical (unpaired) electrons. The van der Waals surface area contributed by atoms with Crippen LogP contribution in [0.4, 0.5) is 0 Å². The SMILES string of the molecule is Cc1ccc(Sc2nc(C)ns2)c(C(=O)O)c1. The monoisotopic (exact) mass is 266 g/mol. The third kappa shape index (κ3) is 2.83. The smallest absolute Gasteiger partial charge is 0.336 e. The predicted octanol–water partition coefficient (Wildman–Crippen LogP) is 3.00. The molecule has 0 fully saturated rings. The molecule has 0 bridgehead atoms. The van der Waals surface area contributed by atoms with Gasteiger partial charge >= 0.3 is 5.97 Å². The van der Waals surface area contributed by atoms with Crippen molar-refractivity contribution in [2.24, 2.45) is 0 Å². The van der Waals surface area contributed by atoms with Crippen LogP contribution in [0.3, 0.4) is 0 Å². The molecule has 1 aromatic heterocycles. The van der Waals surface area contributed by atoms with Crippen molar-refractivity contribution in [3.05, 3.63) is 35.2 Å². The standard InChI is InChI=1S/C11H10N2O2S2/c1-6-3-4-9(8(5-6)10(14)15)16-11-12-7(2)13-17-11/h3-5H,1-2H3,(H,14,15). The molecule has 0 aliphatic carbocycles.